The van der Waals surface area contributed by atoms with Crippen LogP contribution in [0.5, 0.6) is 0 Å². The van der Waals surface area contributed by atoms with Crippen molar-refractivity contribution in [2.24, 2.45) is 5.41 Å². The molecule has 6 heteroatoms. The van der Waals surface area contributed by atoms with Gasteiger partial charge in [-0.1, -0.05) is 35.7 Å². The average molecular weight is 328 g/mol. The van der Waals surface area contributed by atoms with E-state index in [0.717, 1.165) is 6.42 Å². The first-order valence-corrected chi connectivity index (χ1v) is 7.33. The molecule has 1 saturated carbocycles. The van der Waals surface area contributed by atoms with Crippen molar-refractivity contribution < 1.29 is 14.7 Å². The Labute approximate surface area is 132 Å². The number of carboxylic acids is 1. The van der Waals surface area contributed by atoms with Gasteiger partial charge in [-0.25, -0.2) is 0 Å². The molecule has 112 valence electrons. The van der Waals surface area contributed by atoms with Gasteiger partial charge >= 0.3 is 5.97 Å². The Bertz CT molecular complexity index is 595. The van der Waals surface area contributed by atoms with Crippen LogP contribution in [-0.2, 0) is 9.59 Å². The van der Waals surface area contributed by atoms with Crippen LogP contribution in [0.4, 0.5) is 0 Å². The molecule has 2 N–H and O–H groups in total. The van der Waals surface area contributed by atoms with Gasteiger partial charge in [-0.15, -0.1) is 0 Å². The minimum Gasteiger partial charge on any atom is -0.481 e. The fourth-order valence-electron chi connectivity index (χ4n) is 2.19. The van der Waals surface area contributed by atoms with E-state index in [1.54, 1.807) is 24.3 Å². The summed E-state index contributed by atoms with van der Waals surface area (Å²) in [6, 6.07) is 4.98. The molecule has 0 aromatic heterocycles. The Balaban J connectivity index is 1.92. The third kappa shape index (κ3) is 3.77. The Hall–Kier alpha value is -1.52. The summed E-state index contributed by atoms with van der Waals surface area (Å²) in [5.74, 6) is -1.19. The predicted octanol–water partition coefficient (Wildman–Crippen LogP) is 3.38. The van der Waals surface area contributed by atoms with Crippen LogP contribution >= 0.6 is 23.2 Å². The van der Waals surface area contributed by atoms with Gasteiger partial charge in [0.15, 0.2) is 0 Å². The lowest BCUT2D eigenvalue weighted by atomic mass is 9.69. The van der Waals surface area contributed by atoms with E-state index in [0.29, 0.717) is 28.5 Å². The lowest BCUT2D eigenvalue weighted by Crippen LogP contribution is -2.47. The van der Waals surface area contributed by atoms with Crippen molar-refractivity contribution in [1.82, 2.24) is 5.32 Å². The van der Waals surface area contributed by atoms with Crippen LogP contribution < -0.4 is 5.32 Å². The number of nitrogens with one attached hydrogen (secondary N) is 1. The van der Waals surface area contributed by atoms with Crippen molar-refractivity contribution in [3.63, 3.8) is 0 Å². The summed E-state index contributed by atoms with van der Waals surface area (Å²) >= 11 is 11.8. The van der Waals surface area contributed by atoms with E-state index in [2.05, 4.69) is 5.32 Å². The lowest BCUT2D eigenvalue weighted by molar-refractivity contribution is -0.154. The van der Waals surface area contributed by atoms with Crippen LogP contribution in [0.25, 0.3) is 6.08 Å². The number of carboxylic acid groups (broad SMARTS) is 1. The Morgan fingerprint density at radius 2 is 2.05 bits per heavy atom. The zero-order chi connectivity index (χ0) is 15.5. The van der Waals surface area contributed by atoms with Crippen LogP contribution in [0, 0.1) is 5.41 Å². The molecule has 0 aliphatic heterocycles. The van der Waals surface area contributed by atoms with Crippen molar-refractivity contribution in [3.05, 3.63) is 39.9 Å². The first kappa shape index (κ1) is 15.9. The highest BCUT2D eigenvalue weighted by Gasteiger charge is 2.44. The molecule has 4 nitrogen and oxygen atoms in total. The van der Waals surface area contributed by atoms with Gasteiger partial charge < -0.3 is 10.4 Å². The molecule has 1 aromatic rings. The van der Waals surface area contributed by atoms with Gasteiger partial charge in [0.1, 0.15) is 0 Å². The molecule has 0 saturated heterocycles. The molecule has 1 amide bonds. The summed E-state index contributed by atoms with van der Waals surface area (Å²) in [5.41, 5.74) is -0.116. The number of hydrogen-bond donors (Lipinski definition) is 2. The second-order valence-electron chi connectivity index (χ2n) is 5.16. The molecule has 0 radical (unpaired) electrons. The molecule has 0 unspecified atom stereocenters. The van der Waals surface area contributed by atoms with E-state index in [1.807, 2.05) is 0 Å². The Morgan fingerprint density at radius 1 is 1.33 bits per heavy atom. The molecule has 0 spiro atoms. The van der Waals surface area contributed by atoms with Crippen LogP contribution in [0.2, 0.25) is 10.0 Å². The summed E-state index contributed by atoms with van der Waals surface area (Å²) in [6.45, 7) is 0.153. The normalized spacial score (nSPS) is 16.5. The highest BCUT2D eigenvalue weighted by atomic mass is 35.5. The first-order chi connectivity index (χ1) is 9.93. The number of hydrogen-bond acceptors (Lipinski definition) is 2. The third-order valence-electron chi connectivity index (χ3n) is 3.74. The largest absolute Gasteiger partial charge is 0.481 e. The fraction of sp³-hybridized carbons (Fsp3) is 0.333. The Morgan fingerprint density at radius 3 is 2.57 bits per heavy atom. The number of benzene rings is 1. The van der Waals surface area contributed by atoms with Gasteiger partial charge in [-0.05, 0) is 36.6 Å². The molecule has 1 aromatic carbocycles. The maximum atomic E-state index is 11.7. The monoisotopic (exact) mass is 327 g/mol. The highest BCUT2D eigenvalue weighted by Crippen LogP contribution is 2.40. The van der Waals surface area contributed by atoms with E-state index in [1.165, 1.54) is 6.08 Å². The molecular formula is C15H15Cl2NO3. The van der Waals surface area contributed by atoms with Gasteiger partial charge in [0.25, 0.3) is 0 Å². The van der Waals surface area contributed by atoms with E-state index < -0.39 is 11.4 Å². The molecule has 1 fully saturated rings. The number of amides is 1. The zero-order valence-corrected chi connectivity index (χ0v) is 12.7. The summed E-state index contributed by atoms with van der Waals surface area (Å²) in [6.07, 6.45) is 5.01. The zero-order valence-electron chi connectivity index (χ0n) is 11.2. The number of carbonyl (C=O) groups is 2. The maximum absolute atomic E-state index is 11.7. The fourth-order valence-corrected chi connectivity index (χ4v) is 2.66. The van der Waals surface area contributed by atoms with Crippen molar-refractivity contribution in [2.45, 2.75) is 19.3 Å². The van der Waals surface area contributed by atoms with E-state index in [4.69, 9.17) is 28.3 Å². The van der Waals surface area contributed by atoms with Crippen molar-refractivity contribution in [2.75, 3.05) is 6.54 Å². The summed E-state index contributed by atoms with van der Waals surface area (Å²) in [7, 11) is 0. The van der Waals surface area contributed by atoms with Crippen molar-refractivity contribution in [1.29, 1.82) is 0 Å². The van der Waals surface area contributed by atoms with Gasteiger partial charge in [-0.2, -0.15) is 0 Å². The number of rotatable bonds is 5. The minimum atomic E-state index is -0.848. The van der Waals surface area contributed by atoms with Crippen LogP contribution in [-0.4, -0.2) is 23.5 Å². The molecule has 0 bridgehead atoms. The van der Waals surface area contributed by atoms with Gasteiger partial charge in [0, 0.05) is 22.7 Å². The SMILES string of the molecule is O=C(/C=C/c1ccc(Cl)cc1Cl)NCC1(C(=O)O)CCC1. The minimum absolute atomic E-state index is 0.153. The molecule has 0 heterocycles. The Kier molecular flexibility index (Phi) is 4.91. The van der Waals surface area contributed by atoms with E-state index >= 15 is 0 Å². The number of aliphatic carboxylic acids is 1. The van der Waals surface area contributed by atoms with Crippen LogP contribution in [0.15, 0.2) is 24.3 Å². The highest BCUT2D eigenvalue weighted by molar-refractivity contribution is 6.35. The maximum Gasteiger partial charge on any atom is 0.311 e. The quantitative estimate of drug-likeness (QED) is 0.815. The topological polar surface area (TPSA) is 66.4 Å². The number of halogens is 2. The van der Waals surface area contributed by atoms with Gasteiger partial charge in [-0.3, -0.25) is 9.59 Å². The van der Waals surface area contributed by atoms with Gasteiger partial charge in [0.2, 0.25) is 5.91 Å². The molecule has 2 rings (SSSR count). The predicted molar refractivity (Wildman–Crippen MR) is 82.4 cm³/mol. The van der Waals surface area contributed by atoms with Crippen molar-refractivity contribution in [3.8, 4) is 0 Å². The van der Waals surface area contributed by atoms with Gasteiger partial charge in [0.05, 0.1) is 5.41 Å². The van der Waals surface area contributed by atoms with E-state index in [-0.39, 0.29) is 12.5 Å². The second-order valence-corrected chi connectivity index (χ2v) is 6.00. The molecule has 1 aliphatic carbocycles. The molecule has 0 atom stereocenters. The van der Waals surface area contributed by atoms with Crippen LogP contribution in [0.3, 0.4) is 0 Å². The number of carbonyl (C=O) groups excluding carboxylic acids is 1. The second kappa shape index (κ2) is 6.50. The molecule has 21 heavy (non-hydrogen) atoms. The standard InChI is InChI=1S/C15H15Cl2NO3/c16-11-4-2-10(12(17)8-11)3-5-13(19)18-9-15(14(20)21)6-1-7-15/h2-5,8H,1,6-7,9H2,(H,18,19)(H,20,21)/b5-3+. The molecule has 1 aliphatic rings. The first-order valence-electron chi connectivity index (χ1n) is 6.57. The summed E-state index contributed by atoms with van der Waals surface area (Å²) < 4.78 is 0. The summed E-state index contributed by atoms with van der Waals surface area (Å²) in [5, 5.41) is 12.8. The lowest BCUT2D eigenvalue weighted by Gasteiger charge is -2.37. The van der Waals surface area contributed by atoms with Crippen molar-refractivity contribution >= 4 is 41.2 Å². The average Bonchev–Trinajstić information content (AvgIpc) is 2.36. The smallest absolute Gasteiger partial charge is 0.311 e. The third-order valence-corrected chi connectivity index (χ3v) is 4.30. The van der Waals surface area contributed by atoms with Crippen LogP contribution in [0.1, 0.15) is 24.8 Å². The summed E-state index contributed by atoms with van der Waals surface area (Å²) in [4.78, 5) is 22.9. The van der Waals surface area contributed by atoms with E-state index in [9.17, 15) is 9.59 Å². The molecular weight excluding hydrogens is 313 g/mol.